The van der Waals surface area contributed by atoms with Gasteiger partial charge in [-0.05, 0) is 37.3 Å². The van der Waals surface area contributed by atoms with E-state index in [0.29, 0.717) is 34.7 Å². The highest BCUT2D eigenvalue weighted by molar-refractivity contribution is 6.30. The fourth-order valence-electron chi connectivity index (χ4n) is 2.82. The summed E-state index contributed by atoms with van der Waals surface area (Å²) in [7, 11) is 0. The van der Waals surface area contributed by atoms with Gasteiger partial charge in [0.05, 0.1) is 0 Å². The Kier molecular flexibility index (Phi) is 5.35. The number of rotatable bonds is 6. The Bertz CT molecular complexity index is 1160. The smallest absolute Gasteiger partial charge is 0.254 e. The maximum atomic E-state index is 12.2. The molecule has 0 radical (unpaired) electrons. The highest BCUT2D eigenvalue weighted by atomic mass is 35.5. The number of aromatic nitrogens is 5. The minimum absolute atomic E-state index is 0.114. The number of fused-ring (bicyclic) bond motifs is 1. The number of halogens is 1. The maximum Gasteiger partial charge on any atom is 0.254 e. The molecule has 0 atom stereocenters. The van der Waals surface area contributed by atoms with Crippen LogP contribution in [0.5, 0.6) is 0 Å². The van der Waals surface area contributed by atoms with Gasteiger partial charge in [-0.2, -0.15) is 9.50 Å². The van der Waals surface area contributed by atoms with E-state index in [9.17, 15) is 4.79 Å². The molecule has 0 aliphatic heterocycles. The summed E-state index contributed by atoms with van der Waals surface area (Å²) < 4.78 is 1.63. The van der Waals surface area contributed by atoms with Gasteiger partial charge in [-0.1, -0.05) is 17.7 Å². The quantitative estimate of drug-likeness (QED) is 0.507. The average Bonchev–Trinajstić information content (AvgIpc) is 3.13. The molecule has 0 spiro atoms. The Morgan fingerprint density at radius 2 is 2.07 bits per heavy atom. The minimum Gasteiger partial charge on any atom is -0.369 e. The summed E-state index contributed by atoms with van der Waals surface area (Å²) >= 11 is 5.94. The topological polar surface area (TPSA) is 97.1 Å². The van der Waals surface area contributed by atoms with Crippen LogP contribution < -0.4 is 10.6 Å². The normalized spacial score (nSPS) is 10.8. The molecule has 0 saturated carbocycles. The molecule has 8 nitrogen and oxygen atoms in total. The van der Waals surface area contributed by atoms with Gasteiger partial charge >= 0.3 is 0 Å². The molecule has 0 bridgehead atoms. The molecule has 0 unspecified atom stereocenters. The van der Waals surface area contributed by atoms with Gasteiger partial charge in [0.2, 0.25) is 5.91 Å². The lowest BCUT2D eigenvalue weighted by atomic mass is 10.3. The van der Waals surface area contributed by atoms with E-state index in [4.69, 9.17) is 11.6 Å². The molecule has 9 heteroatoms. The van der Waals surface area contributed by atoms with E-state index >= 15 is 0 Å². The Labute approximate surface area is 172 Å². The van der Waals surface area contributed by atoms with Gasteiger partial charge < -0.3 is 10.6 Å². The number of carbonyl (C=O) groups excluding carboxylic acids is 1. The number of carbonyl (C=O) groups is 1. The van der Waals surface area contributed by atoms with Crippen LogP contribution in [0.25, 0.3) is 17.2 Å². The summed E-state index contributed by atoms with van der Waals surface area (Å²) in [6.07, 6.45) is 3.68. The molecule has 1 amide bonds. The fourth-order valence-corrected chi connectivity index (χ4v) is 3.01. The van der Waals surface area contributed by atoms with Crippen LogP contribution in [0.2, 0.25) is 5.02 Å². The Morgan fingerprint density at radius 3 is 2.86 bits per heavy atom. The van der Waals surface area contributed by atoms with Gasteiger partial charge in [0.1, 0.15) is 5.82 Å². The highest BCUT2D eigenvalue weighted by Crippen LogP contribution is 2.18. The molecule has 4 rings (SSSR count). The fraction of sp³-hybridized carbons (Fsp3) is 0.150. The molecule has 2 N–H and O–H groups in total. The summed E-state index contributed by atoms with van der Waals surface area (Å²) in [5.41, 5.74) is 2.28. The van der Waals surface area contributed by atoms with Crippen LogP contribution >= 0.6 is 11.6 Å². The van der Waals surface area contributed by atoms with Crippen molar-refractivity contribution < 1.29 is 4.79 Å². The first-order valence-corrected chi connectivity index (χ1v) is 9.40. The molecule has 0 fully saturated rings. The van der Waals surface area contributed by atoms with Crippen LogP contribution in [0.1, 0.15) is 12.1 Å². The van der Waals surface area contributed by atoms with Crippen molar-refractivity contribution >= 4 is 34.8 Å². The number of pyridine rings is 1. The standard InChI is InChI=1S/C20H18ClN7O/c1-13-10-17(23-9-7-18(29)25-16-6-2-5-15(21)11-16)28-20(24-13)26-19(27-28)14-4-3-8-22-12-14/h2-6,8,10-12,23H,7,9H2,1H3,(H,25,29). The summed E-state index contributed by atoms with van der Waals surface area (Å²) in [4.78, 5) is 25.2. The average molecular weight is 408 g/mol. The van der Waals surface area contributed by atoms with Crippen molar-refractivity contribution in [2.45, 2.75) is 13.3 Å². The first kappa shape index (κ1) is 18.8. The monoisotopic (exact) mass is 407 g/mol. The lowest BCUT2D eigenvalue weighted by Crippen LogP contribution is -2.17. The second kappa shape index (κ2) is 8.24. The second-order valence-electron chi connectivity index (χ2n) is 6.41. The molecular formula is C20H18ClN7O. The van der Waals surface area contributed by atoms with Crippen LogP contribution in [0, 0.1) is 6.92 Å². The largest absolute Gasteiger partial charge is 0.369 e. The van der Waals surface area contributed by atoms with Gasteiger partial charge in [-0.25, -0.2) is 4.98 Å². The van der Waals surface area contributed by atoms with Crippen molar-refractivity contribution in [1.29, 1.82) is 0 Å². The molecule has 3 heterocycles. The first-order valence-electron chi connectivity index (χ1n) is 9.02. The van der Waals surface area contributed by atoms with E-state index in [1.165, 1.54) is 0 Å². The minimum atomic E-state index is -0.114. The molecule has 29 heavy (non-hydrogen) atoms. The van der Waals surface area contributed by atoms with Crippen LogP contribution in [0.15, 0.2) is 54.9 Å². The first-order chi connectivity index (χ1) is 14.1. The predicted octanol–water partition coefficient (Wildman–Crippen LogP) is 3.59. The lowest BCUT2D eigenvalue weighted by Gasteiger charge is -2.09. The van der Waals surface area contributed by atoms with E-state index in [2.05, 4.69) is 30.7 Å². The second-order valence-corrected chi connectivity index (χ2v) is 6.84. The highest BCUT2D eigenvalue weighted by Gasteiger charge is 2.12. The van der Waals surface area contributed by atoms with Gasteiger partial charge in [-0.15, -0.1) is 5.10 Å². The SMILES string of the molecule is Cc1cc(NCCC(=O)Nc2cccc(Cl)c2)n2nc(-c3cccnc3)nc2n1. The van der Waals surface area contributed by atoms with Crippen molar-refractivity contribution in [3.63, 3.8) is 0 Å². The van der Waals surface area contributed by atoms with Gasteiger partial charge in [0.15, 0.2) is 5.82 Å². The third kappa shape index (κ3) is 4.49. The Morgan fingerprint density at radius 1 is 1.17 bits per heavy atom. The number of nitrogens with zero attached hydrogens (tertiary/aromatic N) is 5. The van der Waals surface area contributed by atoms with Gasteiger partial charge in [0, 0.05) is 53.4 Å². The third-order valence-electron chi connectivity index (χ3n) is 4.13. The molecule has 1 aromatic carbocycles. The summed E-state index contributed by atoms with van der Waals surface area (Å²) in [6, 6.07) is 12.6. The zero-order valence-corrected chi connectivity index (χ0v) is 16.4. The van der Waals surface area contributed by atoms with E-state index in [0.717, 1.165) is 11.3 Å². The molecule has 0 aliphatic rings. The predicted molar refractivity (Wildman–Crippen MR) is 112 cm³/mol. The number of benzene rings is 1. The van der Waals surface area contributed by atoms with Gasteiger partial charge in [0.25, 0.3) is 5.78 Å². The van der Waals surface area contributed by atoms with E-state index < -0.39 is 0 Å². The molecule has 0 aliphatic carbocycles. The Hall–Kier alpha value is -3.52. The van der Waals surface area contributed by atoms with E-state index in [1.807, 2.05) is 25.1 Å². The Balaban J connectivity index is 1.46. The van der Waals surface area contributed by atoms with Crippen LogP contribution in [-0.4, -0.2) is 37.0 Å². The molecule has 146 valence electrons. The number of amides is 1. The summed E-state index contributed by atoms with van der Waals surface area (Å²) in [5, 5.41) is 11.2. The van der Waals surface area contributed by atoms with E-state index in [1.54, 1.807) is 41.2 Å². The third-order valence-corrected chi connectivity index (χ3v) is 4.36. The van der Waals surface area contributed by atoms with Crippen LogP contribution in [0.4, 0.5) is 11.5 Å². The maximum absolute atomic E-state index is 12.2. The molecule has 0 saturated heterocycles. The zero-order valence-electron chi connectivity index (χ0n) is 15.6. The van der Waals surface area contributed by atoms with Crippen molar-refractivity contribution in [3.8, 4) is 11.4 Å². The number of aryl methyl sites for hydroxylation is 1. The summed E-state index contributed by atoms with van der Waals surface area (Å²) in [6.45, 7) is 2.31. The zero-order chi connectivity index (χ0) is 20.2. The molecule has 3 aromatic heterocycles. The van der Waals surface area contributed by atoms with Crippen molar-refractivity contribution in [3.05, 3.63) is 65.6 Å². The number of nitrogens with one attached hydrogen (secondary N) is 2. The number of hydrogen-bond acceptors (Lipinski definition) is 6. The molecule has 4 aromatic rings. The van der Waals surface area contributed by atoms with E-state index in [-0.39, 0.29) is 12.3 Å². The van der Waals surface area contributed by atoms with Crippen molar-refractivity contribution in [2.24, 2.45) is 0 Å². The van der Waals surface area contributed by atoms with Crippen molar-refractivity contribution in [2.75, 3.05) is 17.2 Å². The van der Waals surface area contributed by atoms with Gasteiger partial charge in [-0.3, -0.25) is 9.78 Å². The van der Waals surface area contributed by atoms with Crippen molar-refractivity contribution in [1.82, 2.24) is 24.6 Å². The van der Waals surface area contributed by atoms with Crippen LogP contribution in [-0.2, 0) is 4.79 Å². The molecular weight excluding hydrogens is 390 g/mol. The number of hydrogen-bond donors (Lipinski definition) is 2. The van der Waals surface area contributed by atoms with Crippen LogP contribution in [0.3, 0.4) is 0 Å². The summed E-state index contributed by atoms with van der Waals surface area (Å²) in [5.74, 6) is 1.62. The number of anilines is 2. The lowest BCUT2D eigenvalue weighted by molar-refractivity contribution is -0.115.